The van der Waals surface area contributed by atoms with Crippen LogP contribution in [0.15, 0.2) is 60.4 Å². The Morgan fingerprint density at radius 2 is 1.85 bits per heavy atom. The lowest BCUT2D eigenvalue weighted by Gasteiger charge is -2.16. The number of amides is 2. The Labute approximate surface area is 246 Å². The molecule has 0 saturated heterocycles. The van der Waals surface area contributed by atoms with Crippen molar-refractivity contribution in [2.45, 2.75) is 59.8 Å². The van der Waals surface area contributed by atoms with Crippen LogP contribution in [0.4, 0.5) is 11.5 Å². The predicted octanol–water partition coefficient (Wildman–Crippen LogP) is 7.05. The largest absolute Gasteiger partial charge is 0.342 e. The number of pyridine rings is 1. The van der Waals surface area contributed by atoms with Gasteiger partial charge in [-0.1, -0.05) is 25.1 Å². The van der Waals surface area contributed by atoms with Crippen LogP contribution in [-0.4, -0.2) is 41.1 Å². The van der Waals surface area contributed by atoms with Gasteiger partial charge < -0.3 is 15.5 Å². The standard InChI is InChI=1S/C33H38N4O3S/c1-6-22(18-27(28(38)7-2)35-31-17-16-24(20-34-31)33(40)37(5)8-3)25-13-11-14-26(21(25)4)36-32(39)30-19-23-12-9-10-15-29(23)41-30/h6,11,13-14,16-20H,7-10,12,15H2,1-5H3,(H,34,35)(H,36,39)/b22-6+,27-18+. The number of fused-ring (bicyclic) bond motifs is 1. The first-order valence-electron chi connectivity index (χ1n) is 14.2. The molecule has 0 aliphatic heterocycles. The monoisotopic (exact) mass is 570 g/mol. The van der Waals surface area contributed by atoms with Crippen molar-refractivity contribution in [3.8, 4) is 0 Å². The van der Waals surface area contributed by atoms with Gasteiger partial charge >= 0.3 is 0 Å². The number of carbonyl (C=O) groups is 3. The molecular weight excluding hydrogens is 532 g/mol. The van der Waals surface area contributed by atoms with Gasteiger partial charge in [-0.2, -0.15) is 0 Å². The van der Waals surface area contributed by atoms with Gasteiger partial charge in [0.25, 0.3) is 11.8 Å². The number of hydrogen-bond acceptors (Lipinski definition) is 6. The van der Waals surface area contributed by atoms with E-state index in [2.05, 4.69) is 15.6 Å². The third-order valence-electron chi connectivity index (χ3n) is 7.44. The van der Waals surface area contributed by atoms with Crippen LogP contribution in [-0.2, 0) is 17.6 Å². The molecule has 4 rings (SSSR count). The van der Waals surface area contributed by atoms with Crippen LogP contribution in [0.1, 0.15) is 81.6 Å². The van der Waals surface area contributed by atoms with Crippen LogP contribution in [0.3, 0.4) is 0 Å². The highest BCUT2D eigenvalue weighted by Crippen LogP contribution is 2.32. The summed E-state index contributed by atoms with van der Waals surface area (Å²) >= 11 is 1.60. The molecule has 0 fully saturated rings. The van der Waals surface area contributed by atoms with Gasteiger partial charge in [-0.05, 0) is 99.1 Å². The van der Waals surface area contributed by atoms with E-state index < -0.39 is 0 Å². The Bertz CT molecular complexity index is 1480. The lowest BCUT2D eigenvalue weighted by molar-refractivity contribution is -0.115. The topological polar surface area (TPSA) is 91.4 Å². The molecule has 1 aliphatic rings. The van der Waals surface area contributed by atoms with Crippen LogP contribution in [0.25, 0.3) is 5.57 Å². The predicted molar refractivity (Wildman–Crippen MR) is 168 cm³/mol. The SMILES string of the molecule is C/C=C(\C=C(\Nc1ccc(C(=O)N(C)CC)cn1)C(=O)CC)c1cccc(NC(=O)c2cc3c(s2)CCCC3)c1C. The fourth-order valence-corrected chi connectivity index (χ4v) is 5.96. The molecule has 0 saturated carbocycles. The fourth-order valence-electron chi connectivity index (χ4n) is 4.82. The van der Waals surface area contributed by atoms with Crippen molar-refractivity contribution in [3.63, 3.8) is 0 Å². The molecule has 3 aromatic rings. The summed E-state index contributed by atoms with van der Waals surface area (Å²) in [6.07, 6.45) is 10.1. The van der Waals surface area contributed by atoms with E-state index in [4.69, 9.17) is 0 Å². The molecule has 41 heavy (non-hydrogen) atoms. The van der Waals surface area contributed by atoms with Crippen molar-refractivity contribution >= 4 is 46.0 Å². The third-order valence-corrected chi connectivity index (χ3v) is 8.68. The average molecular weight is 571 g/mol. The van der Waals surface area contributed by atoms with E-state index in [1.54, 1.807) is 35.4 Å². The maximum Gasteiger partial charge on any atom is 0.265 e. The molecule has 1 aromatic carbocycles. The molecule has 2 heterocycles. The highest BCUT2D eigenvalue weighted by atomic mass is 32.1. The second-order valence-corrected chi connectivity index (χ2v) is 11.3. The lowest BCUT2D eigenvalue weighted by Crippen LogP contribution is -2.26. The number of nitrogens with zero attached hydrogens (tertiary/aromatic N) is 2. The average Bonchev–Trinajstić information content (AvgIpc) is 3.44. The van der Waals surface area contributed by atoms with Crippen molar-refractivity contribution in [1.82, 2.24) is 9.88 Å². The summed E-state index contributed by atoms with van der Waals surface area (Å²) in [6, 6.07) is 11.2. The number of rotatable bonds is 10. The first kappa shape index (κ1) is 29.9. The van der Waals surface area contributed by atoms with Crippen LogP contribution >= 0.6 is 11.3 Å². The van der Waals surface area contributed by atoms with Gasteiger partial charge in [0.2, 0.25) is 0 Å². The molecule has 2 N–H and O–H groups in total. The van der Waals surface area contributed by atoms with Crippen molar-refractivity contribution in [1.29, 1.82) is 0 Å². The van der Waals surface area contributed by atoms with E-state index >= 15 is 0 Å². The summed E-state index contributed by atoms with van der Waals surface area (Å²) < 4.78 is 0. The van der Waals surface area contributed by atoms with E-state index in [9.17, 15) is 14.4 Å². The van der Waals surface area contributed by atoms with Crippen LogP contribution in [0.5, 0.6) is 0 Å². The highest BCUT2D eigenvalue weighted by molar-refractivity contribution is 7.14. The van der Waals surface area contributed by atoms with Gasteiger partial charge in [0.05, 0.1) is 16.1 Å². The zero-order valence-electron chi connectivity index (χ0n) is 24.5. The number of carbonyl (C=O) groups excluding carboxylic acids is 3. The zero-order valence-corrected chi connectivity index (χ0v) is 25.3. The first-order valence-corrected chi connectivity index (χ1v) is 15.0. The quantitative estimate of drug-likeness (QED) is 0.201. The maximum atomic E-state index is 13.2. The van der Waals surface area contributed by atoms with Gasteiger partial charge in [0.15, 0.2) is 5.78 Å². The molecule has 7 nitrogen and oxygen atoms in total. The van der Waals surface area contributed by atoms with Crippen LogP contribution < -0.4 is 10.6 Å². The Morgan fingerprint density at radius 3 is 2.51 bits per heavy atom. The second-order valence-electron chi connectivity index (χ2n) is 10.2. The van der Waals surface area contributed by atoms with Crippen molar-refractivity contribution in [3.05, 3.63) is 92.5 Å². The van der Waals surface area contributed by atoms with Crippen molar-refractivity contribution < 1.29 is 14.4 Å². The third kappa shape index (κ3) is 7.00. The molecule has 8 heteroatoms. The number of Topliss-reactive ketones (excluding diaryl/α,β-unsaturated/α-hetero) is 1. The Hall–Kier alpha value is -4.04. The van der Waals surface area contributed by atoms with Crippen molar-refractivity contribution in [2.75, 3.05) is 24.2 Å². The number of benzene rings is 1. The Balaban J connectivity index is 1.57. The summed E-state index contributed by atoms with van der Waals surface area (Å²) in [5.74, 6) is 0.203. The Kier molecular flexibility index (Phi) is 9.89. The number of hydrogen-bond donors (Lipinski definition) is 2. The number of thiophene rings is 1. The number of aromatic nitrogens is 1. The van der Waals surface area contributed by atoms with Gasteiger partial charge in [0, 0.05) is 36.8 Å². The summed E-state index contributed by atoms with van der Waals surface area (Å²) in [7, 11) is 1.74. The van der Waals surface area contributed by atoms with Gasteiger partial charge in [0.1, 0.15) is 5.82 Å². The Morgan fingerprint density at radius 1 is 1.07 bits per heavy atom. The molecule has 0 unspecified atom stereocenters. The number of nitrogens with one attached hydrogen (secondary N) is 2. The van der Waals surface area contributed by atoms with Gasteiger partial charge in [-0.3, -0.25) is 14.4 Å². The number of ketones is 1. The van der Waals surface area contributed by atoms with E-state index in [1.165, 1.54) is 29.5 Å². The smallest absolute Gasteiger partial charge is 0.265 e. The van der Waals surface area contributed by atoms with Crippen LogP contribution in [0.2, 0.25) is 0 Å². The van der Waals surface area contributed by atoms with E-state index in [0.29, 0.717) is 30.0 Å². The normalized spacial score (nSPS) is 13.4. The van der Waals surface area contributed by atoms with Crippen LogP contribution in [0, 0.1) is 6.92 Å². The van der Waals surface area contributed by atoms with Gasteiger partial charge in [-0.15, -0.1) is 11.3 Å². The minimum atomic E-state index is -0.107. The minimum absolute atomic E-state index is 0.0687. The lowest BCUT2D eigenvalue weighted by atomic mass is 9.97. The second kappa shape index (κ2) is 13.5. The molecule has 214 valence electrons. The molecule has 2 amide bonds. The summed E-state index contributed by atoms with van der Waals surface area (Å²) in [6.45, 7) is 8.22. The maximum absolute atomic E-state index is 13.2. The molecule has 1 aliphatic carbocycles. The van der Waals surface area contributed by atoms with Crippen molar-refractivity contribution in [2.24, 2.45) is 0 Å². The summed E-state index contributed by atoms with van der Waals surface area (Å²) in [4.78, 5) is 46.6. The molecule has 0 spiro atoms. The summed E-state index contributed by atoms with van der Waals surface area (Å²) in [5, 5.41) is 6.26. The van der Waals surface area contributed by atoms with E-state index in [1.807, 2.05) is 64.1 Å². The van der Waals surface area contributed by atoms with E-state index in [-0.39, 0.29) is 17.6 Å². The molecule has 2 aromatic heterocycles. The fraction of sp³-hybridized carbons (Fsp3) is 0.333. The zero-order chi connectivity index (χ0) is 29.5. The molecule has 0 bridgehead atoms. The number of aryl methyl sites for hydroxylation is 2. The molecule has 0 atom stereocenters. The number of allylic oxidation sites excluding steroid dienone is 4. The summed E-state index contributed by atoms with van der Waals surface area (Å²) in [5.41, 5.74) is 5.59. The van der Waals surface area contributed by atoms with Gasteiger partial charge in [-0.25, -0.2) is 4.98 Å². The first-order chi connectivity index (χ1) is 19.7. The minimum Gasteiger partial charge on any atom is -0.342 e. The number of anilines is 2. The molecule has 0 radical (unpaired) electrons. The van der Waals surface area contributed by atoms with E-state index in [0.717, 1.165) is 40.1 Å². The highest BCUT2D eigenvalue weighted by Gasteiger charge is 2.19. The molecular formula is C33H38N4O3S.